The molecule has 0 aromatic heterocycles. The Labute approximate surface area is 119 Å². The number of rotatable bonds is 2. The quantitative estimate of drug-likeness (QED) is 0.900. The SMILES string of the molecule is O=C(O)c1ccc(Br)cc1C1=Cc2ccccc2C1. The van der Waals surface area contributed by atoms with Crippen molar-refractivity contribution in [3.8, 4) is 0 Å². The number of aromatic carboxylic acids is 1. The summed E-state index contributed by atoms with van der Waals surface area (Å²) >= 11 is 3.41. The zero-order valence-electron chi connectivity index (χ0n) is 10.1. The van der Waals surface area contributed by atoms with Crippen molar-refractivity contribution in [1.82, 2.24) is 0 Å². The second-order valence-corrected chi connectivity index (χ2v) is 5.46. The summed E-state index contributed by atoms with van der Waals surface area (Å²) in [5.41, 5.74) is 4.61. The molecule has 2 nitrogen and oxygen atoms in total. The molecular weight excluding hydrogens is 304 g/mol. The summed E-state index contributed by atoms with van der Waals surface area (Å²) in [5, 5.41) is 9.29. The van der Waals surface area contributed by atoms with Crippen molar-refractivity contribution in [2.75, 3.05) is 0 Å². The minimum absolute atomic E-state index is 0.349. The van der Waals surface area contributed by atoms with Crippen LogP contribution in [0.1, 0.15) is 27.0 Å². The molecule has 3 rings (SSSR count). The molecule has 0 spiro atoms. The topological polar surface area (TPSA) is 37.3 Å². The van der Waals surface area contributed by atoms with Gasteiger partial charge in [0.1, 0.15) is 0 Å². The number of carboxylic acids is 1. The molecule has 1 aliphatic rings. The molecule has 2 aromatic rings. The fourth-order valence-electron chi connectivity index (χ4n) is 2.42. The van der Waals surface area contributed by atoms with Crippen LogP contribution in [0.15, 0.2) is 46.9 Å². The third-order valence-electron chi connectivity index (χ3n) is 3.32. The van der Waals surface area contributed by atoms with Gasteiger partial charge in [0.2, 0.25) is 0 Å². The van der Waals surface area contributed by atoms with Crippen molar-refractivity contribution >= 4 is 33.5 Å². The van der Waals surface area contributed by atoms with E-state index in [2.05, 4.69) is 34.1 Å². The van der Waals surface area contributed by atoms with Crippen LogP contribution in [-0.2, 0) is 6.42 Å². The molecule has 0 aliphatic heterocycles. The molecule has 0 saturated carbocycles. The van der Waals surface area contributed by atoms with Gasteiger partial charge in [-0.1, -0.05) is 46.3 Å². The van der Waals surface area contributed by atoms with Gasteiger partial charge < -0.3 is 5.11 Å². The lowest BCUT2D eigenvalue weighted by Crippen LogP contribution is -2.02. The van der Waals surface area contributed by atoms with Gasteiger partial charge >= 0.3 is 5.97 Å². The first kappa shape index (κ1) is 12.2. The fraction of sp³-hybridized carbons (Fsp3) is 0.0625. The van der Waals surface area contributed by atoms with Crippen LogP contribution in [-0.4, -0.2) is 11.1 Å². The van der Waals surface area contributed by atoms with E-state index in [-0.39, 0.29) is 0 Å². The highest BCUT2D eigenvalue weighted by molar-refractivity contribution is 9.10. The standard InChI is InChI=1S/C16H11BrO2/c17-13-5-6-14(16(18)19)15(9-13)12-7-10-3-1-2-4-11(10)8-12/h1-7,9H,8H2,(H,18,19). The normalized spacial score (nSPS) is 13.0. The highest BCUT2D eigenvalue weighted by Gasteiger charge is 2.19. The van der Waals surface area contributed by atoms with Gasteiger partial charge in [0, 0.05) is 4.47 Å². The van der Waals surface area contributed by atoms with Crippen LogP contribution in [0.5, 0.6) is 0 Å². The maximum atomic E-state index is 11.3. The van der Waals surface area contributed by atoms with Crippen molar-refractivity contribution in [3.05, 3.63) is 69.2 Å². The van der Waals surface area contributed by atoms with E-state index in [1.807, 2.05) is 18.2 Å². The van der Waals surface area contributed by atoms with E-state index >= 15 is 0 Å². The molecule has 0 saturated heterocycles. The van der Waals surface area contributed by atoms with Crippen LogP contribution in [0.4, 0.5) is 0 Å². The number of allylic oxidation sites excluding steroid dienone is 1. The fourth-order valence-corrected chi connectivity index (χ4v) is 2.78. The van der Waals surface area contributed by atoms with E-state index in [1.54, 1.807) is 12.1 Å². The lowest BCUT2D eigenvalue weighted by Gasteiger charge is -2.08. The molecule has 3 heteroatoms. The van der Waals surface area contributed by atoms with Crippen LogP contribution < -0.4 is 0 Å². The van der Waals surface area contributed by atoms with Crippen LogP contribution in [0.3, 0.4) is 0 Å². The molecule has 0 amide bonds. The Morgan fingerprint density at radius 2 is 1.95 bits per heavy atom. The second-order valence-electron chi connectivity index (χ2n) is 4.54. The minimum Gasteiger partial charge on any atom is -0.478 e. The number of carboxylic acid groups (broad SMARTS) is 1. The molecule has 1 aliphatic carbocycles. The molecule has 0 unspecified atom stereocenters. The number of hydrogen-bond acceptors (Lipinski definition) is 1. The van der Waals surface area contributed by atoms with Gasteiger partial charge in [0.05, 0.1) is 5.56 Å². The third kappa shape index (κ3) is 2.22. The lowest BCUT2D eigenvalue weighted by atomic mass is 9.98. The zero-order chi connectivity index (χ0) is 13.4. The monoisotopic (exact) mass is 314 g/mol. The van der Waals surface area contributed by atoms with Crippen LogP contribution in [0, 0.1) is 0 Å². The van der Waals surface area contributed by atoms with Crippen LogP contribution in [0.2, 0.25) is 0 Å². The molecule has 0 heterocycles. The van der Waals surface area contributed by atoms with Crippen LogP contribution in [0.25, 0.3) is 11.6 Å². The molecule has 1 N–H and O–H groups in total. The molecule has 0 fully saturated rings. The first-order chi connectivity index (χ1) is 9.15. The van der Waals surface area contributed by atoms with Gasteiger partial charge in [-0.2, -0.15) is 0 Å². The number of halogens is 1. The van der Waals surface area contributed by atoms with E-state index in [0.717, 1.165) is 22.0 Å². The first-order valence-corrected chi connectivity index (χ1v) is 6.76. The summed E-state index contributed by atoms with van der Waals surface area (Å²) in [7, 11) is 0. The van der Waals surface area contributed by atoms with E-state index in [4.69, 9.17) is 0 Å². The van der Waals surface area contributed by atoms with Crippen molar-refractivity contribution < 1.29 is 9.90 Å². The predicted octanol–water partition coefficient (Wildman–Crippen LogP) is 4.24. The number of hydrogen-bond donors (Lipinski definition) is 1. The van der Waals surface area contributed by atoms with E-state index in [9.17, 15) is 9.90 Å². The Morgan fingerprint density at radius 1 is 1.16 bits per heavy atom. The van der Waals surface area contributed by atoms with E-state index < -0.39 is 5.97 Å². The van der Waals surface area contributed by atoms with Crippen LogP contribution >= 0.6 is 15.9 Å². The summed E-state index contributed by atoms with van der Waals surface area (Å²) in [6, 6.07) is 13.4. The largest absolute Gasteiger partial charge is 0.478 e. The Hall–Kier alpha value is -1.87. The molecule has 2 aromatic carbocycles. The molecular formula is C16H11BrO2. The van der Waals surface area contributed by atoms with Crippen molar-refractivity contribution in [2.24, 2.45) is 0 Å². The second kappa shape index (κ2) is 4.67. The summed E-state index contributed by atoms with van der Waals surface area (Å²) < 4.78 is 0.893. The zero-order valence-corrected chi connectivity index (χ0v) is 11.6. The lowest BCUT2D eigenvalue weighted by molar-refractivity contribution is 0.0696. The highest BCUT2D eigenvalue weighted by atomic mass is 79.9. The number of benzene rings is 2. The predicted molar refractivity (Wildman–Crippen MR) is 79.1 cm³/mol. The Kier molecular flexibility index (Phi) is 2.99. The average molecular weight is 315 g/mol. The number of fused-ring (bicyclic) bond motifs is 1. The molecule has 0 atom stereocenters. The van der Waals surface area contributed by atoms with Gasteiger partial charge in [0.15, 0.2) is 0 Å². The minimum atomic E-state index is -0.889. The third-order valence-corrected chi connectivity index (χ3v) is 3.82. The summed E-state index contributed by atoms with van der Waals surface area (Å²) in [4.78, 5) is 11.3. The Balaban J connectivity index is 2.10. The molecule has 94 valence electrons. The maximum absolute atomic E-state index is 11.3. The van der Waals surface area contributed by atoms with Gasteiger partial charge in [-0.15, -0.1) is 0 Å². The van der Waals surface area contributed by atoms with Gasteiger partial charge in [0.25, 0.3) is 0 Å². The molecule has 0 radical (unpaired) electrons. The highest BCUT2D eigenvalue weighted by Crippen LogP contribution is 2.34. The summed E-state index contributed by atoms with van der Waals surface area (Å²) in [5.74, 6) is -0.889. The summed E-state index contributed by atoms with van der Waals surface area (Å²) in [6.45, 7) is 0. The van der Waals surface area contributed by atoms with Gasteiger partial charge in [-0.25, -0.2) is 4.79 Å². The summed E-state index contributed by atoms with van der Waals surface area (Å²) in [6.07, 6.45) is 2.86. The van der Waals surface area contributed by atoms with E-state index in [1.165, 1.54) is 11.1 Å². The van der Waals surface area contributed by atoms with Crippen molar-refractivity contribution in [1.29, 1.82) is 0 Å². The average Bonchev–Trinajstić information content (AvgIpc) is 2.81. The number of carbonyl (C=O) groups is 1. The van der Waals surface area contributed by atoms with Crippen molar-refractivity contribution in [2.45, 2.75) is 6.42 Å². The Bertz CT molecular complexity index is 702. The Morgan fingerprint density at radius 3 is 2.68 bits per heavy atom. The van der Waals surface area contributed by atoms with Gasteiger partial charge in [-0.3, -0.25) is 0 Å². The van der Waals surface area contributed by atoms with Crippen molar-refractivity contribution in [3.63, 3.8) is 0 Å². The van der Waals surface area contributed by atoms with E-state index in [0.29, 0.717) is 5.56 Å². The maximum Gasteiger partial charge on any atom is 0.336 e. The molecule has 19 heavy (non-hydrogen) atoms. The first-order valence-electron chi connectivity index (χ1n) is 5.97. The smallest absolute Gasteiger partial charge is 0.336 e. The molecule has 0 bridgehead atoms. The van der Waals surface area contributed by atoms with Gasteiger partial charge in [-0.05, 0) is 46.9 Å².